The Balaban J connectivity index is 2.93. The number of hydrogen-bond acceptors (Lipinski definition) is 3. The molecular formula is C11H14BrClN2O3S. The summed E-state index contributed by atoms with van der Waals surface area (Å²) in [6, 6.07) is 4.24. The molecule has 0 heterocycles. The third kappa shape index (κ3) is 4.17. The van der Waals surface area contributed by atoms with E-state index in [4.69, 9.17) is 17.3 Å². The fraction of sp³-hybridized carbons (Fsp3) is 0.364. The Morgan fingerprint density at radius 3 is 2.53 bits per heavy atom. The van der Waals surface area contributed by atoms with Crippen molar-refractivity contribution < 1.29 is 13.2 Å². The molecule has 1 rings (SSSR count). The number of carbonyl (C=O) groups excluding carboxylic acids is 1. The van der Waals surface area contributed by atoms with E-state index in [0.717, 1.165) is 0 Å². The van der Waals surface area contributed by atoms with Crippen molar-refractivity contribution in [3.05, 3.63) is 27.7 Å². The number of nitrogens with two attached hydrogens (primary N) is 1. The largest absolute Gasteiger partial charge is 0.369 e. The number of primary amides is 1. The van der Waals surface area contributed by atoms with E-state index in [2.05, 4.69) is 20.7 Å². The summed E-state index contributed by atoms with van der Waals surface area (Å²) < 4.78 is 26.9. The number of halogens is 2. The summed E-state index contributed by atoms with van der Waals surface area (Å²) in [5.74, 6) is -0.576. The lowest BCUT2D eigenvalue weighted by Crippen LogP contribution is -2.42. The predicted octanol–water partition coefficient (Wildman–Crippen LogP) is 1.89. The molecule has 0 atom stereocenters. The molecule has 0 aliphatic rings. The summed E-state index contributed by atoms with van der Waals surface area (Å²) in [6.45, 7) is 3.05. The Bertz CT molecular complexity index is 602. The van der Waals surface area contributed by atoms with Crippen LogP contribution in [0.25, 0.3) is 0 Å². The summed E-state index contributed by atoms with van der Waals surface area (Å²) in [6.07, 6.45) is 0. The minimum absolute atomic E-state index is 0.0593. The minimum atomic E-state index is -3.71. The van der Waals surface area contributed by atoms with Crippen molar-refractivity contribution in [2.75, 3.05) is 6.54 Å². The number of amides is 1. The second-order valence-electron chi connectivity index (χ2n) is 4.65. The van der Waals surface area contributed by atoms with E-state index in [0.29, 0.717) is 9.50 Å². The first-order valence-electron chi connectivity index (χ1n) is 5.31. The fourth-order valence-corrected chi connectivity index (χ4v) is 2.98. The number of benzene rings is 1. The van der Waals surface area contributed by atoms with Gasteiger partial charge >= 0.3 is 0 Å². The first kappa shape index (κ1) is 16.4. The van der Waals surface area contributed by atoms with Crippen LogP contribution >= 0.6 is 27.5 Å². The SMILES string of the molecule is CC(C)(CNS(=O)(=O)c1ccc(Cl)c(Br)c1)C(N)=O. The summed E-state index contributed by atoms with van der Waals surface area (Å²) in [7, 11) is -3.71. The van der Waals surface area contributed by atoms with Crippen LogP contribution in [0.4, 0.5) is 0 Å². The number of hydrogen-bond donors (Lipinski definition) is 2. The molecule has 0 aliphatic carbocycles. The molecule has 0 spiro atoms. The van der Waals surface area contributed by atoms with Crippen LogP contribution in [0.3, 0.4) is 0 Å². The molecule has 1 aromatic carbocycles. The molecule has 0 saturated carbocycles. The Morgan fingerprint density at radius 2 is 2.05 bits per heavy atom. The highest BCUT2D eigenvalue weighted by molar-refractivity contribution is 9.10. The Morgan fingerprint density at radius 1 is 1.47 bits per heavy atom. The number of sulfonamides is 1. The highest BCUT2D eigenvalue weighted by Crippen LogP contribution is 2.25. The lowest BCUT2D eigenvalue weighted by molar-refractivity contribution is -0.125. The normalized spacial score (nSPS) is 12.4. The van der Waals surface area contributed by atoms with Gasteiger partial charge in [-0.15, -0.1) is 0 Å². The van der Waals surface area contributed by atoms with E-state index < -0.39 is 21.3 Å². The van der Waals surface area contributed by atoms with Crippen LogP contribution in [0.5, 0.6) is 0 Å². The van der Waals surface area contributed by atoms with Crippen molar-refractivity contribution in [3.63, 3.8) is 0 Å². The zero-order valence-corrected chi connectivity index (χ0v) is 13.6. The number of nitrogens with one attached hydrogen (secondary N) is 1. The molecule has 8 heteroatoms. The van der Waals surface area contributed by atoms with Gasteiger partial charge in [0.2, 0.25) is 15.9 Å². The van der Waals surface area contributed by atoms with Crippen LogP contribution in [0, 0.1) is 5.41 Å². The summed E-state index contributed by atoms with van der Waals surface area (Å²) in [4.78, 5) is 11.2. The van der Waals surface area contributed by atoms with E-state index >= 15 is 0 Å². The molecule has 0 unspecified atom stereocenters. The maximum Gasteiger partial charge on any atom is 0.240 e. The molecule has 0 aliphatic heterocycles. The molecule has 0 aromatic heterocycles. The van der Waals surface area contributed by atoms with Crippen molar-refractivity contribution in [1.29, 1.82) is 0 Å². The third-order valence-electron chi connectivity index (χ3n) is 2.57. The first-order valence-corrected chi connectivity index (χ1v) is 7.96. The van der Waals surface area contributed by atoms with Gasteiger partial charge in [-0.2, -0.15) is 0 Å². The topological polar surface area (TPSA) is 89.3 Å². The van der Waals surface area contributed by atoms with Crippen LogP contribution in [-0.4, -0.2) is 20.9 Å². The highest BCUT2D eigenvalue weighted by atomic mass is 79.9. The smallest absolute Gasteiger partial charge is 0.240 e. The van der Waals surface area contributed by atoms with Crippen molar-refractivity contribution in [1.82, 2.24) is 4.72 Å². The highest BCUT2D eigenvalue weighted by Gasteiger charge is 2.27. The Hall–Kier alpha value is -0.630. The molecule has 0 saturated heterocycles. The quantitative estimate of drug-likeness (QED) is 0.830. The molecule has 5 nitrogen and oxygen atoms in total. The molecule has 1 aromatic rings. The van der Waals surface area contributed by atoms with Gasteiger partial charge in [-0.1, -0.05) is 11.6 Å². The van der Waals surface area contributed by atoms with Gasteiger partial charge in [0.05, 0.1) is 15.3 Å². The van der Waals surface area contributed by atoms with Crippen molar-refractivity contribution in [3.8, 4) is 0 Å². The second kappa shape index (κ2) is 5.78. The van der Waals surface area contributed by atoms with Crippen molar-refractivity contribution in [2.45, 2.75) is 18.7 Å². The molecule has 3 N–H and O–H groups in total. The zero-order valence-electron chi connectivity index (χ0n) is 10.4. The molecule has 1 amide bonds. The maximum atomic E-state index is 12.0. The van der Waals surface area contributed by atoms with E-state index in [9.17, 15) is 13.2 Å². The van der Waals surface area contributed by atoms with Crippen LogP contribution in [0.1, 0.15) is 13.8 Å². The van der Waals surface area contributed by atoms with Crippen LogP contribution in [0.15, 0.2) is 27.6 Å². The van der Waals surface area contributed by atoms with Gasteiger partial charge in [0.15, 0.2) is 0 Å². The van der Waals surface area contributed by atoms with E-state index in [1.165, 1.54) is 18.2 Å². The van der Waals surface area contributed by atoms with Crippen LogP contribution in [-0.2, 0) is 14.8 Å². The molecule has 0 bridgehead atoms. The molecule has 19 heavy (non-hydrogen) atoms. The van der Waals surface area contributed by atoms with Gasteiger partial charge in [-0.25, -0.2) is 13.1 Å². The van der Waals surface area contributed by atoms with Gasteiger partial charge in [0, 0.05) is 11.0 Å². The average Bonchev–Trinajstić information content (AvgIpc) is 2.30. The number of carbonyl (C=O) groups is 1. The van der Waals surface area contributed by atoms with E-state index in [1.54, 1.807) is 13.8 Å². The van der Waals surface area contributed by atoms with Gasteiger partial charge < -0.3 is 5.73 Å². The standard InChI is InChI=1S/C11H14BrClN2O3S/c1-11(2,10(14)16)6-15-19(17,18)7-3-4-9(13)8(12)5-7/h3-5,15H,6H2,1-2H3,(H2,14,16). The van der Waals surface area contributed by atoms with Crippen LogP contribution in [0.2, 0.25) is 5.02 Å². The average molecular weight is 370 g/mol. The van der Waals surface area contributed by atoms with Gasteiger partial charge in [-0.05, 0) is 48.0 Å². The third-order valence-corrected chi connectivity index (χ3v) is 5.19. The van der Waals surface area contributed by atoms with Crippen molar-refractivity contribution >= 4 is 43.5 Å². The first-order chi connectivity index (χ1) is 8.56. The minimum Gasteiger partial charge on any atom is -0.369 e. The zero-order chi connectivity index (χ0) is 14.8. The van der Waals surface area contributed by atoms with Gasteiger partial charge in [0.25, 0.3) is 0 Å². The predicted molar refractivity (Wildman–Crippen MR) is 77.3 cm³/mol. The molecule has 0 fully saturated rings. The summed E-state index contributed by atoms with van der Waals surface area (Å²) in [5, 5.41) is 0.413. The maximum absolute atomic E-state index is 12.0. The van der Waals surface area contributed by atoms with Crippen LogP contribution < -0.4 is 10.5 Å². The van der Waals surface area contributed by atoms with E-state index in [-0.39, 0.29) is 11.4 Å². The van der Waals surface area contributed by atoms with Gasteiger partial charge in [-0.3, -0.25) is 4.79 Å². The second-order valence-corrected chi connectivity index (χ2v) is 7.68. The monoisotopic (exact) mass is 368 g/mol. The van der Waals surface area contributed by atoms with E-state index in [1.807, 2.05) is 0 Å². The Kier molecular flexibility index (Phi) is 5.00. The molecule has 0 radical (unpaired) electrons. The molecular weight excluding hydrogens is 356 g/mol. The fourth-order valence-electron chi connectivity index (χ4n) is 1.09. The summed E-state index contributed by atoms with van der Waals surface area (Å²) in [5.41, 5.74) is 4.22. The lowest BCUT2D eigenvalue weighted by atomic mass is 9.93. The molecule has 106 valence electrons. The summed E-state index contributed by atoms with van der Waals surface area (Å²) >= 11 is 8.95. The Labute approximate surface area is 125 Å². The van der Waals surface area contributed by atoms with Gasteiger partial charge in [0.1, 0.15) is 0 Å². The van der Waals surface area contributed by atoms with Crippen molar-refractivity contribution in [2.24, 2.45) is 11.1 Å². The number of rotatable bonds is 5. The lowest BCUT2D eigenvalue weighted by Gasteiger charge is -2.20.